The number of nitrogens with zero attached hydrogens (tertiary/aromatic N) is 1. The number of rotatable bonds is 7. The fraction of sp³-hybridized carbons (Fsp3) is 0.526. The number of benzene rings is 1. The van der Waals surface area contributed by atoms with Gasteiger partial charge in [-0.2, -0.15) is 0 Å². The molecule has 2 amide bonds. The molecule has 0 radical (unpaired) electrons. The Morgan fingerprint density at radius 3 is 2.54 bits per heavy atom. The predicted octanol–water partition coefficient (Wildman–Crippen LogP) is 0.951. The molecular formula is C19H29N5O2. The minimum absolute atomic E-state index is 0.0124. The number of carbonyl (C=O) groups excluding carboxylic acids is 2. The standard InChI is InChI=1S/C19H29N5O2/c1-12(2)10-15(20)19(26)24-9-3-4-16(24)18(25)23-11-13-5-7-14(8-6-13)17(21)22/h5-8,12,15-16H,3-4,9-11,20H2,1-2H3,(H3,21,22)(H,23,25)/t15?,16-/m0/s1. The molecule has 7 heteroatoms. The molecule has 1 aromatic rings. The van der Waals surface area contributed by atoms with Gasteiger partial charge in [0, 0.05) is 18.7 Å². The van der Waals surface area contributed by atoms with Crippen molar-refractivity contribution in [3.05, 3.63) is 35.4 Å². The van der Waals surface area contributed by atoms with E-state index >= 15 is 0 Å². The minimum Gasteiger partial charge on any atom is -0.384 e. The van der Waals surface area contributed by atoms with E-state index < -0.39 is 12.1 Å². The zero-order valence-corrected chi connectivity index (χ0v) is 15.5. The van der Waals surface area contributed by atoms with Crippen LogP contribution in [-0.2, 0) is 16.1 Å². The Morgan fingerprint density at radius 1 is 1.31 bits per heavy atom. The summed E-state index contributed by atoms with van der Waals surface area (Å²) in [7, 11) is 0. The first-order chi connectivity index (χ1) is 12.3. The normalized spacial score (nSPS) is 18.0. The topological polar surface area (TPSA) is 125 Å². The molecule has 1 heterocycles. The van der Waals surface area contributed by atoms with Gasteiger partial charge in [-0.3, -0.25) is 15.0 Å². The maximum atomic E-state index is 12.6. The molecule has 1 fully saturated rings. The lowest BCUT2D eigenvalue weighted by molar-refractivity contribution is -0.139. The van der Waals surface area contributed by atoms with Gasteiger partial charge in [0.15, 0.2) is 0 Å². The van der Waals surface area contributed by atoms with Gasteiger partial charge in [-0.05, 0) is 30.7 Å². The van der Waals surface area contributed by atoms with Gasteiger partial charge in [-0.25, -0.2) is 0 Å². The number of carbonyl (C=O) groups is 2. The van der Waals surface area contributed by atoms with Crippen LogP contribution in [0.2, 0.25) is 0 Å². The van der Waals surface area contributed by atoms with Crippen LogP contribution in [0.1, 0.15) is 44.2 Å². The number of likely N-dealkylation sites (tertiary alicyclic amines) is 1. The molecule has 6 N–H and O–H groups in total. The number of nitrogen functional groups attached to an aromatic ring is 1. The van der Waals surface area contributed by atoms with Gasteiger partial charge < -0.3 is 21.7 Å². The number of amides is 2. The summed E-state index contributed by atoms with van der Waals surface area (Å²) in [4.78, 5) is 26.7. The van der Waals surface area contributed by atoms with Gasteiger partial charge in [0.25, 0.3) is 0 Å². The van der Waals surface area contributed by atoms with Crippen molar-refractivity contribution in [2.24, 2.45) is 17.4 Å². The summed E-state index contributed by atoms with van der Waals surface area (Å²) in [5.41, 5.74) is 13.0. The van der Waals surface area contributed by atoms with E-state index in [-0.39, 0.29) is 17.6 Å². The molecule has 2 atom stereocenters. The Bertz CT molecular complexity index is 656. The lowest BCUT2D eigenvalue weighted by Crippen LogP contribution is -2.51. The van der Waals surface area contributed by atoms with Crippen LogP contribution >= 0.6 is 0 Å². The van der Waals surface area contributed by atoms with Crippen LogP contribution in [-0.4, -0.2) is 41.2 Å². The Balaban J connectivity index is 1.93. The van der Waals surface area contributed by atoms with E-state index in [0.29, 0.717) is 37.4 Å². The molecule has 0 saturated carbocycles. The molecule has 1 saturated heterocycles. The summed E-state index contributed by atoms with van der Waals surface area (Å²) in [5.74, 6) is 0.0608. The van der Waals surface area contributed by atoms with Crippen molar-refractivity contribution in [1.82, 2.24) is 10.2 Å². The number of hydrogen-bond donors (Lipinski definition) is 4. The van der Waals surface area contributed by atoms with Crippen molar-refractivity contribution in [3.63, 3.8) is 0 Å². The van der Waals surface area contributed by atoms with Gasteiger partial charge in [-0.15, -0.1) is 0 Å². The highest BCUT2D eigenvalue weighted by molar-refractivity contribution is 5.95. The monoisotopic (exact) mass is 359 g/mol. The third kappa shape index (κ3) is 5.05. The quantitative estimate of drug-likeness (QED) is 0.427. The van der Waals surface area contributed by atoms with Crippen molar-refractivity contribution >= 4 is 17.6 Å². The van der Waals surface area contributed by atoms with Gasteiger partial charge in [0.05, 0.1) is 6.04 Å². The molecule has 0 spiro atoms. The average molecular weight is 359 g/mol. The van der Waals surface area contributed by atoms with Crippen LogP contribution in [0.4, 0.5) is 0 Å². The first-order valence-corrected chi connectivity index (χ1v) is 9.06. The molecule has 26 heavy (non-hydrogen) atoms. The van der Waals surface area contributed by atoms with E-state index in [1.807, 2.05) is 26.0 Å². The highest BCUT2D eigenvalue weighted by Gasteiger charge is 2.36. The zero-order valence-electron chi connectivity index (χ0n) is 15.5. The molecule has 1 aromatic carbocycles. The number of nitrogens with one attached hydrogen (secondary N) is 2. The second-order valence-electron chi connectivity index (χ2n) is 7.25. The number of amidine groups is 1. The van der Waals surface area contributed by atoms with Gasteiger partial charge in [0.1, 0.15) is 11.9 Å². The van der Waals surface area contributed by atoms with Crippen LogP contribution in [0.15, 0.2) is 24.3 Å². The van der Waals surface area contributed by atoms with E-state index in [1.165, 1.54) is 0 Å². The Morgan fingerprint density at radius 2 is 1.96 bits per heavy atom. The van der Waals surface area contributed by atoms with E-state index in [0.717, 1.165) is 12.0 Å². The van der Waals surface area contributed by atoms with Crippen molar-refractivity contribution in [2.45, 2.75) is 51.7 Å². The van der Waals surface area contributed by atoms with Crippen molar-refractivity contribution in [3.8, 4) is 0 Å². The van der Waals surface area contributed by atoms with Crippen LogP contribution in [0.25, 0.3) is 0 Å². The first-order valence-electron chi connectivity index (χ1n) is 9.06. The zero-order chi connectivity index (χ0) is 19.3. The predicted molar refractivity (Wildman–Crippen MR) is 101 cm³/mol. The fourth-order valence-corrected chi connectivity index (χ4v) is 3.23. The molecule has 2 rings (SSSR count). The average Bonchev–Trinajstić information content (AvgIpc) is 3.08. The smallest absolute Gasteiger partial charge is 0.243 e. The Labute approximate surface area is 154 Å². The molecule has 0 aromatic heterocycles. The summed E-state index contributed by atoms with van der Waals surface area (Å²) in [6.07, 6.45) is 2.09. The maximum absolute atomic E-state index is 12.6. The van der Waals surface area contributed by atoms with E-state index in [9.17, 15) is 9.59 Å². The highest BCUT2D eigenvalue weighted by Crippen LogP contribution is 2.20. The largest absolute Gasteiger partial charge is 0.384 e. The SMILES string of the molecule is CC(C)CC(N)C(=O)N1CCC[C@H]1C(=O)NCc1ccc(C(=N)N)cc1. The molecule has 1 aliphatic heterocycles. The van der Waals surface area contributed by atoms with Gasteiger partial charge >= 0.3 is 0 Å². The number of nitrogens with two attached hydrogens (primary N) is 2. The molecular weight excluding hydrogens is 330 g/mol. The Hall–Kier alpha value is -2.41. The van der Waals surface area contributed by atoms with Crippen molar-refractivity contribution in [2.75, 3.05) is 6.54 Å². The maximum Gasteiger partial charge on any atom is 0.243 e. The third-order valence-electron chi connectivity index (χ3n) is 4.61. The van der Waals surface area contributed by atoms with Gasteiger partial charge in [-0.1, -0.05) is 38.1 Å². The summed E-state index contributed by atoms with van der Waals surface area (Å²) in [6, 6.07) is 6.15. The van der Waals surface area contributed by atoms with Gasteiger partial charge in [0.2, 0.25) is 11.8 Å². The molecule has 1 aliphatic rings. The molecule has 1 unspecified atom stereocenters. The lowest BCUT2D eigenvalue weighted by atomic mass is 10.0. The van der Waals surface area contributed by atoms with Crippen LogP contribution in [0, 0.1) is 11.3 Å². The second-order valence-corrected chi connectivity index (χ2v) is 7.25. The van der Waals surface area contributed by atoms with E-state index in [2.05, 4.69) is 5.32 Å². The van der Waals surface area contributed by atoms with Crippen LogP contribution in [0.5, 0.6) is 0 Å². The fourth-order valence-electron chi connectivity index (χ4n) is 3.23. The minimum atomic E-state index is -0.553. The van der Waals surface area contributed by atoms with E-state index in [4.69, 9.17) is 16.9 Å². The van der Waals surface area contributed by atoms with Crippen LogP contribution < -0.4 is 16.8 Å². The summed E-state index contributed by atoms with van der Waals surface area (Å²) < 4.78 is 0. The summed E-state index contributed by atoms with van der Waals surface area (Å²) in [6.45, 7) is 5.00. The summed E-state index contributed by atoms with van der Waals surface area (Å²) in [5, 5.41) is 10.3. The van der Waals surface area contributed by atoms with Crippen molar-refractivity contribution in [1.29, 1.82) is 5.41 Å². The molecule has 0 bridgehead atoms. The Kier molecular flexibility index (Phi) is 6.74. The van der Waals surface area contributed by atoms with Crippen LogP contribution in [0.3, 0.4) is 0 Å². The molecule has 142 valence electrons. The van der Waals surface area contributed by atoms with Crippen molar-refractivity contribution < 1.29 is 9.59 Å². The number of hydrogen-bond acceptors (Lipinski definition) is 4. The summed E-state index contributed by atoms with van der Waals surface area (Å²) >= 11 is 0. The molecule has 0 aliphatic carbocycles. The first kappa shape index (κ1) is 19.9. The van der Waals surface area contributed by atoms with E-state index in [1.54, 1.807) is 17.0 Å². The second kappa shape index (κ2) is 8.80. The third-order valence-corrected chi connectivity index (χ3v) is 4.61. The highest BCUT2D eigenvalue weighted by atomic mass is 16.2. The molecule has 7 nitrogen and oxygen atoms in total. The lowest BCUT2D eigenvalue weighted by Gasteiger charge is -2.27.